The van der Waals surface area contributed by atoms with E-state index in [1.165, 1.54) is 5.56 Å². The predicted octanol–water partition coefficient (Wildman–Crippen LogP) is 3.07. The quantitative estimate of drug-likeness (QED) is 0.882. The summed E-state index contributed by atoms with van der Waals surface area (Å²) in [5, 5.41) is 7.47. The molecule has 3 nitrogen and oxygen atoms in total. The smallest absolute Gasteiger partial charge is 0.169 e. The first kappa shape index (κ1) is 11.0. The number of rotatable bonds is 4. The van der Waals surface area contributed by atoms with Gasteiger partial charge in [-0.25, -0.2) is 4.98 Å². The summed E-state index contributed by atoms with van der Waals surface area (Å²) in [6, 6.07) is 5.97. The third-order valence-corrected chi connectivity index (χ3v) is 2.99. The Balaban J connectivity index is 2.11. The summed E-state index contributed by atoms with van der Waals surface area (Å²) in [5.74, 6) is 1.58. The molecule has 4 heteroatoms. The Bertz CT molecular complexity index is 454. The molecule has 0 saturated heterocycles. The molecule has 1 N–H and O–H groups in total. The van der Waals surface area contributed by atoms with Crippen LogP contribution < -0.4 is 10.1 Å². The molecule has 2 aromatic heterocycles. The minimum absolute atomic E-state index is 0.774. The molecule has 2 heterocycles. The fourth-order valence-corrected chi connectivity index (χ4v) is 2.08. The van der Waals surface area contributed by atoms with E-state index >= 15 is 0 Å². The van der Waals surface area contributed by atoms with E-state index in [2.05, 4.69) is 27.1 Å². The molecule has 0 saturated carbocycles. The van der Waals surface area contributed by atoms with Crippen LogP contribution in [0.1, 0.15) is 11.3 Å². The van der Waals surface area contributed by atoms with Gasteiger partial charge in [0.25, 0.3) is 0 Å². The van der Waals surface area contributed by atoms with Gasteiger partial charge in [-0.05, 0) is 41.4 Å². The highest BCUT2D eigenvalue weighted by Gasteiger charge is 2.04. The van der Waals surface area contributed by atoms with E-state index in [0.717, 1.165) is 23.8 Å². The highest BCUT2D eigenvalue weighted by Crippen LogP contribution is 2.22. The van der Waals surface area contributed by atoms with Gasteiger partial charge in [0, 0.05) is 12.2 Å². The first-order chi connectivity index (χ1) is 7.79. The third-order valence-electron chi connectivity index (χ3n) is 2.26. The molecular weight excluding hydrogens is 220 g/mol. The second kappa shape index (κ2) is 4.99. The van der Waals surface area contributed by atoms with Crippen LogP contribution in [0.2, 0.25) is 0 Å². The van der Waals surface area contributed by atoms with Gasteiger partial charge < -0.3 is 10.1 Å². The van der Waals surface area contributed by atoms with Crippen LogP contribution in [0.3, 0.4) is 0 Å². The number of pyridine rings is 1. The Morgan fingerprint density at radius 3 is 2.94 bits per heavy atom. The van der Waals surface area contributed by atoms with Crippen LogP contribution in [-0.2, 0) is 6.54 Å². The number of anilines is 1. The molecule has 0 bridgehead atoms. The number of aryl methyl sites for hydroxylation is 1. The lowest BCUT2D eigenvalue weighted by atomic mass is 10.3. The fraction of sp³-hybridized carbons (Fsp3) is 0.250. The van der Waals surface area contributed by atoms with Crippen molar-refractivity contribution in [2.24, 2.45) is 0 Å². The minimum atomic E-state index is 0.774. The first-order valence-electron chi connectivity index (χ1n) is 5.06. The van der Waals surface area contributed by atoms with Crippen LogP contribution in [0.4, 0.5) is 5.82 Å². The van der Waals surface area contributed by atoms with E-state index in [-0.39, 0.29) is 0 Å². The van der Waals surface area contributed by atoms with Crippen molar-refractivity contribution in [1.29, 1.82) is 0 Å². The molecule has 0 atom stereocenters. The summed E-state index contributed by atoms with van der Waals surface area (Å²) in [4.78, 5) is 4.41. The van der Waals surface area contributed by atoms with Gasteiger partial charge in [0.1, 0.15) is 0 Å². The number of hydrogen-bond donors (Lipinski definition) is 1. The average molecular weight is 234 g/mol. The standard InChI is InChI=1S/C12H14N2OS/c1-9-3-4-11(15-2)12(14-9)13-7-10-5-6-16-8-10/h3-6,8H,7H2,1-2H3,(H,13,14). The molecule has 2 aromatic rings. The van der Waals surface area contributed by atoms with Crippen LogP contribution in [-0.4, -0.2) is 12.1 Å². The lowest BCUT2D eigenvalue weighted by Crippen LogP contribution is -2.03. The van der Waals surface area contributed by atoms with E-state index in [1.54, 1.807) is 18.4 Å². The minimum Gasteiger partial charge on any atom is -0.493 e. The topological polar surface area (TPSA) is 34.1 Å². The SMILES string of the molecule is COc1ccc(C)nc1NCc1ccsc1. The van der Waals surface area contributed by atoms with Gasteiger partial charge in [-0.2, -0.15) is 11.3 Å². The van der Waals surface area contributed by atoms with Crippen LogP contribution in [0, 0.1) is 6.92 Å². The molecule has 0 fully saturated rings. The monoisotopic (exact) mass is 234 g/mol. The molecule has 0 spiro atoms. The average Bonchev–Trinajstić information content (AvgIpc) is 2.79. The molecule has 16 heavy (non-hydrogen) atoms. The van der Waals surface area contributed by atoms with Gasteiger partial charge in [-0.3, -0.25) is 0 Å². The summed E-state index contributed by atoms with van der Waals surface area (Å²) < 4.78 is 5.25. The molecular formula is C12H14N2OS. The molecule has 0 aromatic carbocycles. The Hall–Kier alpha value is -1.55. The van der Waals surface area contributed by atoms with Crippen LogP contribution in [0.15, 0.2) is 29.0 Å². The lowest BCUT2D eigenvalue weighted by molar-refractivity contribution is 0.414. The molecule has 0 amide bonds. The van der Waals surface area contributed by atoms with Crippen LogP contribution in [0.25, 0.3) is 0 Å². The molecule has 0 aliphatic heterocycles. The highest BCUT2D eigenvalue weighted by molar-refractivity contribution is 7.07. The van der Waals surface area contributed by atoms with Gasteiger partial charge in [-0.15, -0.1) is 0 Å². The van der Waals surface area contributed by atoms with Gasteiger partial charge in [-0.1, -0.05) is 0 Å². The second-order valence-electron chi connectivity index (χ2n) is 3.49. The van der Waals surface area contributed by atoms with Gasteiger partial charge in [0.05, 0.1) is 7.11 Å². The van der Waals surface area contributed by atoms with E-state index < -0.39 is 0 Å². The van der Waals surface area contributed by atoms with Crippen molar-refractivity contribution in [3.8, 4) is 5.75 Å². The first-order valence-corrected chi connectivity index (χ1v) is 6.00. The Morgan fingerprint density at radius 2 is 2.25 bits per heavy atom. The van der Waals surface area contributed by atoms with Crippen molar-refractivity contribution < 1.29 is 4.74 Å². The summed E-state index contributed by atoms with van der Waals surface area (Å²) in [6.45, 7) is 2.74. The number of hydrogen-bond acceptors (Lipinski definition) is 4. The maximum Gasteiger partial charge on any atom is 0.169 e. The zero-order valence-electron chi connectivity index (χ0n) is 9.36. The number of methoxy groups -OCH3 is 1. The Kier molecular flexibility index (Phi) is 3.41. The van der Waals surface area contributed by atoms with Crippen LogP contribution in [0.5, 0.6) is 5.75 Å². The molecule has 0 radical (unpaired) electrons. The zero-order valence-corrected chi connectivity index (χ0v) is 10.2. The van der Waals surface area contributed by atoms with Crippen molar-refractivity contribution in [2.45, 2.75) is 13.5 Å². The predicted molar refractivity (Wildman–Crippen MR) is 67.2 cm³/mol. The number of nitrogens with one attached hydrogen (secondary N) is 1. The summed E-state index contributed by atoms with van der Waals surface area (Å²) in [7, 11) is 1.65. The van der Waals surface area contributed by atoms with Crippen molar-refractivity contribution in [3.05, 3.63) is 40.2 Å². The summed E-state index contributed by atoms with van der Waals surface area (Å²) in [5.41, 5.74) is 2.24. The van der Waals surface area contributed by atoms with Gasteiger partial charge >= 0.3 is 0 Å². The van der Waals surface area contributed by atoms with Crippen molar-refractivity contribution >= 4 is 17.2 Å². The molecule has 84 valence electrons. The van der Waals surface area contributed by atoms with E-state index in [1.807, 2.05) is 19.1 Å². The maximum atomic E-state index is 5.25. The normalized spacial score (nSPS) is 10.1. The van der Waals surface area contributed by atoms with Crippen molar-refractivity contribution in [3.63, 3.8) is 0 Å². The van der Waals surface area contributed by atoms with Gasteiger partial charge in [0.15, 0.2) is 11.6 Å². The molecule has 0 unspecified atom stereocenters. The van der Waals surface area contributed by atoms with E-state index in [9.17, 15) is 0 Å². The maximum absolute atomic E-state index is 5.25. The zero-order chi connectivity index (χ0) is 11.4. The number of nitrogens with zero attached hydrogens (tertiary/aromatic N) is 1. The highest BCUT2D eigenvalue weighted by atomic mass is 32.1. The molecule has 0 aliphatic carbocycles. The van der Waals surface area contributed by atoms with E-state index in [0.29, 0.717) is 0 Å². The Morgan fingerprint density at radius 1 is 1.38 bits per heavy atom. The summed E-state index contributed by atoms with van der Waals surface area (Å²) in [6.07, 6.45) is 0. The van der Waals surface area contributed by atoms with Crippen molar-refractivity contribution in [2.75, 3.05) is 12.4 Å². The van der Waals surface area contributed by atoms with Gasteiger partial charge in [0.2, 0.25) is 0 Å². The largest absolute Gasteiger partial charge is 0.493 e. The lowest BCUT2D eigenvalue weighted by Gasteiger charge is -2.09. The van der Waals surface area contributed by atoms with Crippen molar-refractivity contribution in [1.82, 2.24) is 4.98 Å². The molecule has 2 rings (SSSR count). The van der Waals surface area contributed by atoms with E-state index in [4.69, 9.17) is 4.74 Å². The van der Waals surface area contributed by atoms with Crippen LogP contribution >= 0.6 is 11.3 Å². The third kappa shape index (κ3) is 2.52. The number of thiophene rings is 1. The Labute approximate surface area is 99.1 Å². The number of ether oxygens (including phenoxy) is 1. The summed E-state index contributed by atoms with van der Waals surface area (Å²) >= 11 is 1.70. The second-order valence-corrected chi connectivity index (χ2v) is 4.27. The fourth-order valence-electron chi connectivity index (χ4n) is 1.41. The number of aromatic nitrogens is 1. The molecule has 0 aliphatic rings.